The lowest BCUT2D eigenvalue weighted by molar-refractivity contribution is -0.136. The van der Waals surface area contributed by atoms with Gasteiger partial charge in [0.15, 0.2) is 0 Å². The number of hydrogen-bond acceptors (Lipinski definition) is 3. The molecule has 1 amide bonds. The molecule has 0 aromatic heterocycles. The molecule has 3 aliphatic rings. The number of nitrogens with zero attached hydrogens (tertiary/aromatic N) is 1. The van der Waals surface area contributed by atoms with E-state index in [1.54, 1.807) is 0 Å². The van der Waals surface area contributed by atoms with Gasteiger partial charge in [-0.3, -0.25) is 4.79 Å². The summed E-state index contributed by atoms with van der Waals surface area (Å²) in [5.41, 5.74) is 1.11. The van der Waals surface area contributed by atoms with Gasteiger partial charge in [-0.15, -0.1) is 0 Å². The van der Waals surface area contributed by atoms with Crippen LogP contribution in [0.1, 0.15) is 90.0 Å². The van der Waals surface area contributed by atoms with E-state index < -0.39 is 0 Å². The Bertz CT molecular complexity index is 748. The van der Waals surface area contributed by atoms with Crippen molar-refractivity contribution in [1.82, 2.24) is 10.2 Å². The minimum absolute atomic E-state index is 0.0714. The Morgan fingerprint density at radius 3 is 2.55 bits per heavy atom. The van der Waals surface area contributed by atoms with E-state index in [0.29, 0.717) is 18.4 Å². The molecule has 1 atom stereocenters. The minimum atomic E-state index is -0.197. The fourth-order valence-corrected chi connectivity index (χ4v) is 6.39. The number of carbonyl (C=O) groups excluding carboxylic acids is 1. The van der Waals surface area contributed by atoms with Gasteiger partial charge in [0.05, 0.1) is 11.5 Å². The first kappa shape index (κ1) is 24.6. The molecule has 4 rings (SSSR count). The molecule has 2 aliphatic heterocycles. The summed E-state index contributed by atoms with van der Waals surface area (Å²) >= 11 is 0. The van der Waals surface area contributed by atoms with Crippen LogP contribution < -0.4 is 10.1 Å². The first-order valence-electron chi connectivity index (χ1n) is 13.8. The van der Waals surface area contributed by atoms with Crippen molar-refractivity contribution < 1.29 is 9.53 Å². The molecule has 0 bridgehead atoms. The highest BCUT2D eigenvalue weighted by Crippen LogP contribution is 2.39. The van der Waals surface area contributed by atoms with E-state index in [9.17, 15) is 4.79 Å². The SMILES string of the molecule is CC(C)C[C@H]1COc2ccccc2CCCCC2(CCN(CC3CCCCC3)CC2)C(=O)N1. The Morgan fingerprint density at radius 2 is 1.79 bits per heavy atom. The molecule has 184 valence electrons. The number of rotatable bonds is 4. The molecular weight excluding hydrogens is 408 g/mol. The lowest BCUT2D eigenvalue weighted by Crippen LogP contribution is -2.53. The number of ether oxygens (including phenoxy) is 1. The maximum Gasteiger partial charge on any atom is 0.226 e. The average molecular weight is 455 g/mol. The lowest BCUT2D eigenvalue weighted by Gasteiger charge is -2.43. The van der Waals surface area contributed by atoms with E-state index in [1.807, 2.05) is 0 Å². The molecule has 2 fully saturated rings. The zero-order valence-corrected chi connectivity index (χ0v) is 21.1. The van der Waals surface area contributed by atoms with Crippen LogP contribution in [0.2, 0.25) is 0 Å². The molecule has 4 nitrogen and oxygen atoms in total. The molecule has 1 aromatic carbocycles. The monoisotopic (exact) mass is 454 g/mol. The molecule has 1 spiro atoms. The van der Waals surface area contributed by atoms with Crippen molar-refractivity contribution in [1.29, 1.82) is 0 Å². The van der Waals surface area contributed by atoms with Crippen LogP contribution in [0.15, 0.2) is 24.3 Å². The normalized spacial score (nSPS) is 25.5. The maximum absolute atomic E-state index is 13.8. The molecule has 2 heterocycles. The smallest absolute Gasteiger partial charge is 0.226 e. The highest BCUT2D eigenvalue weighted by Gasteiger charge is 2.42. The van der Waals surface area contributed by atoms with Gasteiger partial charge in [-0.2, -0.15) is 0 Å². The summed E-state index contributed by atoms with van der Waals surface area (Å²) in [6.45, 7) is 8.44. The van der Waals surface area contributed by atoms with Gasteiger partial charge in [0.25, 0.3) is 0 Å². The quantitative estimate of drug-likeness (QED) is 0.608. The number of benzene rings is 1. The topological polar surface area (TPSA) is 41.6 Å². The Labute approximate surface area is 201 Å². The van der Waals surface area contributed by atoms with Crippen molar-refractivity contribution in [3.63, 3.8) is 0 Å². The number of para-hydroxylation sites is 1. The number of carbonyl (C=O) groups is 1. The maximum atomic E-state index is 13.8. The molecule has 33 heavy (non-hydrogen) atoms. The number of fused-ring (bicyclic) bond motifs is 1. The standard InChI is InChI=1S/C29H46N2O2/c1-23(2)20-26-22-33-27-14-7-6-12-25(27)13-8-9-15-29(28(32)30-26)16-18-31(19-17-29)21-24-10-4-3-5-11-24/h6-7,12,14,23-24,26H,3-5,8-11,13,15-22H2,1-2H3,(H,30,32)/t26-/m0/s1. The summed E-state index contributed by atoms with van der Waals surface area (Å²) in [7, 11) is 0. The summed E-state index contributed by atoms with van der Waals surface area (Å²) in [6.07, 6.45) is 14.3. The minimum Gasteiger partial charge on any atom is -0.491 e. The van der Waals surface area contributed by atoms with Gasteiger partial charge in [-0.25, -0.2) is 0 Å². The largest absolute Gasteiger partial charge is 0.491 e. The molecule has 0 radical (unpaired) electrons. The fourth-order valence-electron chi connectivity index (χ4n) is 6.39. The molecular formula is C29H46N2O2. The van der Waals surface area contributed by atoms with Gasteiger partial charge in [0.2, 0.25) is 5.91 Å². The molecule has 1 saturated carbocycles. The first-order valence-corrected chi connectivity index (χ1v) is 13.8. The summed E-state index contributed by atoms with van der Waals surface area (Å²) in [4.78, 5) is 16.4. The van der Waals surface area contributed by atoms with Crippen LogP contribution in [0.4, 0.5) is 0 Å². The zero-order chi connectivity index (χ0) is 23.1. The molecule has 4 heteroatoms. The Kier molecular flexibility index (Phi) is 8.73. The summed E-state index contributed by atoms with van der Waals surface area (Å²) < 4.78 is 6.28. The summed E-state index contributed by atoms with van der Waals surface area (Å²) in [5, 5.41) is 3.47. The van der Waals surface area contributed by atoms with Crippen LogP contribution >= 0.6 is 0 Å². The number of amides is 1. The molecule has 1 saturated heterocycles. The first-order chi connectivity index (χ1) is 16.0. The third-order valence-electron chi connectivity index (χ3n) is 8.39. The van der Waals surface area contributed by atoms with E-state index in [4.69, 9.17) is 4.74 Å². The fraction of sp³-hybridized carbons (Fsp3) is 0.759. The Morgan fingerprint density at radius 1 is 1.03 bits per heavy atom. The van der Waals surface area contributed by atoms with Gasteiger partial charge in [0, 0.05) is 6.54 Å². The molecule has 1 N–H and O–H groups in total. The van der Waals surface area contributed by atoms with Crippen molar-refractivity contribution >= 4 is 5.91 Å². The number of likely N-dealkylation sites (tertiary alicyclic amines) is 1. The summed E-state index contributed by atoms with van der Waals surface area (Å²) in [5.74, 6) is 2.69. The third kappa shape index (κ3) is 6.74. The van der Waals surface area contributed by atoms with Crippen molar-refractivity contribution in [2.75, 3.05) is 26.2 Å². The van der Waals surface area contributed by atoms with Crippen LogP contribution in [-0.2, 0) is 11.2 Å². The second-order valence-electron chi connectivity index (χ2n) is 11.5. The van der Waals surface area contributed by atoms with Gasteiger partial charge in [-0.1, -0.05) is 57.7 Å². The number of piperidine rings is 1. The Hall–Kier alpha value is -1.55. The van der Waals surface area contributed by atoms with Gasteiger partial charge in [-0.05, 0) is 87.9 Å². The Balaban J connectivity index is 1.44. The van der Waals surface area contributed by atoms with Crippen molar-refractivity contribution in [3.05, 3.63) is 29.8 Å². The van der Waals surface area contributed by atoms with E-state index in [-0.39, 0.29) is 11.5 Å². The molecule has 1 aromatic rings. The second-order valence-corrected chi connectivity index (χ2v) is 11.5. The van der Waals surface area contributed by atoms with Gasteiger partial charge >= 0.3 is 0 Å². The number of nitrogens with one attached hydrogen (secondary N) is 1. The summed E-state index contributed by atoms with van der Waals surface area (Å²) in [6, 6.07) is 8.53. The average Bonchev–Trinajstić information content (AvgIpc) is 2.82. The van der Waals surface area contributed by atoms with E-state index in [0.717, 1.165) is 69.7 Å². The predicted octanol–water partition coefficient (Wildman–Crippen LogP) is 5.99. The highest BCUT2D eigenvalue weighted by molar-refractivity contribution is 5.83. The van der Waals surface area contributed by atoms with Crippen molar-refractivity contribution in [2.45, 2.75) is 96.9 Å². The van der Waals surface area contributed by atoms with Crippen LogP contribution in [-0.4, -0.2) is 43.1 Å². The van der Waals surface area contributed by atoms with Gasteiger partial charge < -0.3 is 15.0 Å². The van der Waals surface area contributed by atoms with E-state index in [1.165, 1.54) is 44.2 Å². The number of aryl methyl sites for hydroxylation is 1. The van der Waals surface area contributed by atoms with Gasteiger partial charge in [0.1, 0.15) is 12.4 Å². The van der Waals surface area contributed by atoms with Crippen LogP contribution in [0, 0.1) is 17.3 Å². The van der Waals surface area contributed by atoms with Crippen molar-refractivity contribution in [3.8, 4) is 5.75 Å². The number of hydrogen-bond donors (Lipinski definition) is 1. The van der Waals surface area contributed by atoms with Crippen LogP contribution in [0.3, 0.4) is 0 Å². The van der Waals surface area contributed by atoms with Crippen LogP contribution in [0.25, 0.3) is 0 Å². The zero-order valence-electron chi connectivity index (χ0n) is 21.1. The van der Waals surface area contributed by atoms with Crippen molar-refractivity contribution in [2.24, 2.45) is 17.3 Å². The predicted molar refractivity (Wildman–Crippen MR) is 136 cm³/mol. The van der Waals surface area contributed by atoms with E-state index in [2.05, 4.69) is 48.3 Å². The lowest BCUT2D eigenvalue weighted by atomic mass is 9.73. The second kappa shape index (κ2) is 11.7. The molecule has 0 unspecified atom stereocenters. The van der Waals surface area contributed by atoms with Crippen LogP contribution in [0.5, 0.6) is 5.75 Å². The van der Waals surface area contributed by atoms with E-state index >= 15 is 0 Å². The highest BCUT2D eigenvalue weighted by atomic mass is 16.5. The third-order valence-corrected chi connectivity index (χ3v) is 8.39. The molecule has 1 aliphatic carbocycles.